The molecule has 1 atom stereocenters. The lowest BCUT2D eigenvalue weighted by Crippen LogP contribution is -2.38. The summed E-state index contributed by atoms with van der Waals surface area (Å²) in [5.41, 5.74) is 2.27. The lowest BCUT2D eigenvalue weighted by molar-refractivity contribution is -0.124. The van der Waals surface area contributed by atoms with Gasteiger partial charge in [0.1, 0.15) is 5.78 Å². The van der Waals surface area contributed by atoms with Crippen LogP contribution in [0, 0.1) is 12.8 Å². The molecular formula is C18H23N3OS. The molecule has 1 aromatic carbocycles. The summed E-state index contributed by atoms with van der Waals surface area (Å²) in [6, 6.07) is 10.3. The highest BCUT2D eigenvalue weighted by Crippen LogP contribution is 2.22. The number of ketones is 1. The Morgan fingerprint density at radius 3 is 2.91 bits per heavy atom. The third-order valence-electron chi connectivity index (χ3n) is 4.58. The Bertz CT molecular complexity index is 641. The largest absolute Gasteiger partial charge is 0.299 e. The molecule has 1 aliphatic heterocycles. The molecule has 2 heterocycles. The van der Waals surface area contributed by atoms with Crippen LogP contribution in [-0.4, -0.2) is 33.4 Å². The van der Waals surface area contributed by atoms with Gasteiger partial charge in [-0.15, -0.1) is 5.10 Å². The Hall–Kier alpha value is -1.59. The Morgan fingerprint density at radius 2 is 2.17 bits per heavy atom. The van der Waals surface area contributed by atoms with E-state index in [1.807, 2.05) is 25.1 Å². The third-order valence-corrected chi connectivity index (χ3v) is 5.38. The minimum atomic E-state index is 0.189. The Morgan fingerprint density at radius 1 is 1.35 bits per heavy atom. The van der Waals surface area contributed by atoms with Gasteiger partial charge in [0.2, 0.25) is 0 Å². The molecule has 1 aliphatic rings. The summed E-state index contributed by atoms with van der Waals surface area (Å²) in [6.07, 6.45) is 3.65. The average Bonchev–Trinajstić information content (AvgIpc) is 2.99. The van der Waals surface area contributed by atoms with Crippen LogP contribution in [-0.2, 0) is 17.8 Å². The normalized spacial score (nSPS) is 18.9. The van der Waals surface area contributed by atoms with Gasteiger partial charge in [-0.25, -0.2) is 0 Å². The molecule has 0 unspecified atom stereocenters. The van der Waals surface area contributed by atoms with Crippen LogP contribution in [0.1, 0.15) is 35.4 Å². The molecule has 1 saturated heterocycles. The second kappa shape index (κ2) is 7.79. The SMILES string of the molecule is Cc1nnsc1CN1CCC[C@H](C(=O)CCc2ccccc2)C1. The number of carbonyl (C=O) groups excluding carboxylic acids is 1. The molecule has 3 rings (SSSR count). The fourth-order valence-corrected chi connectivity index (χ4v) is 3.85. The third kappa shape index (κ3) is 4.45. The average molecular weight is 329 g/mol. The number of rotatable bonds is 6. The summed E-state index contributed by atoms with van der Waals surface area (Å²) in [4.78, 5) is 16.1. The van der Waals surface area contributed by atoms with Gasteiger partial charge in [0.15, 0.2) is 0 Å². The van der Waals surface area contributed by atoms with Gasteiger partial charge in [0, 0.05) is 25.4 Å². The number of aromatic nitrogens is 2. The van der Waals surface area contributed by atoms with Crippen LogP contribution < -0.4 is 0 Å². The van der Waals surface area contributed by atoms with Crippen LogP contribution in [0.5, 0.6) is 0 Å². The zero-order valence-corrected chi connectivity index (χ0v) is 14.4. The minimum absolute atomic E-state index is 0.189. The number of aryl methyl sites for hydroxylation is 2. The number of hydrogen-bond donors (Lipinski definition) is 0. The van der Waals surface area contributed by atoms with Crippen LogP contribution in [0.3, 0.4) is 0 Å². The summed E-state index contributed by atoms with van der Waals surface area (Å²) in [5.74, 6) is 0.603. The summed E-state index contributed by atoms with van der Waals surface area (Å²) >= 11 is 1.47. The molecule has 0 radical (unpaired) electrons. The first-order valence-corrected chi connectivity index (χ1v) is 9.06. The van der Waals surface area contributed by atoms with Crippen LogP contribution >= 0.6 is 11.5 Å². The number of benzene rings is 1. The van der Waals surface area contributed by atoms with Gasteiger partial charge in [-0.1, -0.05) is 34.8 Å². The maximum absolute atomic E-state index is 12.5. The van der Waals surface area contributed by atoms with Gasteiger partial charge in [0.05, 0.1) is 10.6 Å². The van der Waals surface area contributed by atoms with Crippen molar-refractivity contribution in [3.8, 4) is 0 Å². The van der Waals surface area contributed by atoms with Crippen molar-refractivity contribution in [2.24, 2.45) is 5.92 Å². The van der Waals surface area contributed by atoms with Crippen molar-refractivity contribution in [3.63, 3.8) is 0 Å². The molecule has 2 aromatic rings. The number of hydrogen-bond acceptors (Lipinski definition) is 5. The van der Waals surface area contributed by atoms with Gasteiger partial charge in [-0.3, -0.25) is 9.69 Å². The highest BCUT2D eigenvalue weighted by Gasteiger charge is 2.26. The zero-order chi connectivity index (χ0) is 16.1. The Balaban J connectivity index is 1.51. The first-order chi connectivity index (χ1) is 11.2. The molecule has 122 valence electrons. The van der Waals surface area contributed by atoms with Crippen LogP contribution in [0.25, 0.3) is 0 Å². The molecule has 0 aliphatic carbocycles. The molecule has 0 amide bonds. The molecule has 1 fully saturated rings. The lowest BCUT2D eigenvalue weighted by atomic mass is 9.90. The molecule has 0 saturated carbocycles. The molecule has 0 spiro atoms. The van der Waals surface area contributed by atoms with Crippen molar-refractivity contribution in [2.75, 3.05) is 13.1 Å². The van der Waals surface area contributed by atoms with Crippen molar-refractivity contribution >= 4 is 17.3 Å². The van der Waals surface area contributed by atoms with Gasteiger partial charge >= 0.3 is 0 Å². The summed E-state index contributed by atoms with van der Waals surface area (Å²) in [7, 11) is 0. The number of carbonyl (C=O) groups is 1. The van der Waals surface area contributed by atoms with E-state index in [-0.39, 0.29) is 5.92 Å². The van der Waals surface area contributed by atoms with Crippen LogP contribution in [0.4, 0.5) is 0 Å². The first-order valence-electron chi connectivity index (χ1n) is 8.29. The number of Topliss-reactive ketones (excluding diaryl/α,β-unsaturated/α-hetero) is 1. The molecule has 0 bridgehead atoms. The van der Waals surface area contributed by atoms with Crippen molar-refractivity contribution in [1.82, 2.24) is 14.5 Å². The molecular weight excluding hydrogens is 306 g/mol. The molecule has 0 N–H and O–H groups in total. The lowest BCUT2D eigenvalue weighted by Gasteiger charge is -2.31. The van der Waals surface area contributed by atoms with Crippen LogP contribution in [0.2, 0.25) is 0 Å². The number of nitrogens with zero attached hydrogens (tertiary/aromatic N) is 3. The quantitative estimate of drug-likeness (QED) is 0.816. The predicted molar refractivity (Wildman–Crippen MR) is 92.4 cm³/mol. The fraction of sp³-hybridized carbons (Fsp3) is 0.500. The molecule has 23 heavy (non-hydrogen) atoms. The van der Waals surface area contributed by atoms with E-state index < -0.39 is 0 Å². The van der Waals surface area contributed by atoms with Crippen molar-refractivity contribution in [3.05, 3.63) is 46.5 Å². The van der Waals surface area contributed by atoms with Crippen LogP contribution in [0.15, 0.2) is 30.3 Å². The first kappa shape index (κ1) is 16.3. The summed E-state index contributed by atoms with van der Waals surface area (Å²) < 4.78 is 4.00. The summed E-state index contributed by atoms with van der Waals surface area (Å²) in [6.45, 7) is 4.84. The molecule has 1 aromatic heterocycles. The van der Waals surface area contributed by atoms with E-state index in [0.29, 0.717) is 12.2 Å². The monoisotopic (exact) mass is 329 g/mol. The second-order valence-electron chi connectivity index (χ2n) is 6.31. The Labute approximate surface area is 141 Å². The highest BCUT2D eigenvalue weighted by molar-refractivity contribution is 7.05. The van der Waals surface area contributed by atoms with Crippen molar-refractivity contribution < 1.29 is 4.79 Å². The zero-order valence-electron chi connectivity index (χ0n) is 13.6. The number of likely N-dealkylation sites (tertiary alicyclic amines) is 1. The second-order valence-corrected chi connectivity index (χ2v) is 7.15. The number of piperidine rings is 1. The van der Waals surface area contributed by atoms with E-state index in [2.05, 4.69) is 26.6 Å². The topological polar surface area (TPSA) is 46.1 Å². The van der Waals surface area contributed by atoms with E-state index in [0.717, 1.165) is 44.6 Å². The van der Waals surface area contributed by atoms with E-state index in [4.69, 9.17) is 0 Å². The van der Waals surface area contributed by atoms with Crippen molar-refractivity contribution in [2.45, 2.75) is 39.2 Å². The Kier molecular flexibility index (Phi) is 5.51. The van der Waals surface area contributed by atoms with E-state index in [1.165, 1.54) is 22.0 Å². The maximum Gasteiger partial charge on any atom is 0.137 e. The van der Waals surface area contributed by atoms with Gasteiger partial charge in [-0.05, 0) is 49.8 Å². The predicted octanol–water partition coefficient (Wildman–Crippen LogP) is 3.26. The maximum atomic E-state index is 12.5. The molecule has 4 nitrogen and oxygen atoms in total. The minimum Gasteiger partial charge on any atom is -0.299 e. The highest BCUT2D eigenvalue weighted by atomic mass is 32.1. The van der Waals surface area contributed by atoms with Gasteiger partial charge < -0.3 is 0 Å². The molecule has 5 heteroatoms. The van der Waals surface area contributed by atoms with E-state index >= 15 is 0 Å². The van der Waals surface area contributed by atoms with E-state index in [1.54, 1.807) is 0 Å². The van der Waals surface area contributed by atoms with Gasteiger partial charge in [0.25, 0.3) is 0 Å². The smallest absolute Gasteiger partial charge is 0.137 e. The standard InChI is InChI=1S/C18H23N3OS/c1-14-18(23-20-19-14)13-21-11-5-8-16(12-21)17(22)10-9-15-6-3-2-4-7-15/h2-4,6-7,16H,5,8-13H2,1H3/t16-/m0/s1. The van der Waals surface area contributed by atoms with Gasteiger partial charge in [-0.2, -0.15) is 0 Å². The summed E-state index contributed by atoms with van der Waals surface area (Å²) in [5, 5.41) is 4.07. The fourth-order valence-electron chi connectivity index (χ4n) is 3.18. The van der Waals surface area contributed by atoms with E-state index in [9.17, 15) is 4.79 Å². The van der Waals surface area contributed by atoms with Crippen molar-refractivity contribution in [1.29, 1.82) is 0 Å².